The highest BCUT2D eigenvalue weighted by molar-refractivity contribution is 7.99. The third kappa shape index (κ3) is 4.99. The van der Waals surface area contributed by atoms with Crippen molar-refractivity contribution in [2.24, 2.45) is 7.05 Å². The number of sulfone groups is 1. The van der Waals surface area contributed by atoms with Gasteiger partial charge >= 0.3 is 0 Å². The van der Waals surface area contributed by atoms with Crippen molar-refractivity contribution in [2.45, 2.75) is 17.6 Å². The molecule has 1 aliphatic heterocycles. The summed E-state index contributed by atoms with van der Waals surface area (Å²) >= 11 is 1.58. The van der Waals surface area contributed by atoms with Crippen LogP contribution in [0.25, 0.3) is 0 Å². The predicted octanol–water partition coefficient (Wildman–Crippen LogP) is -0.253. The summed E-state index contributed by atoms with van der Waals surface area (Å²) in [4.78, 5) is 17.9. The van der Waals surface area contributed by atoms with Crippen LogP contribution in [0.1, 0.15) is 6.42 Å². The van der Waals surface area contributed by atoms with Crippen LogP contribution in [0.15, 0.2) is 17.6 Å². The fraction of sp³-hybridized carbons (Fsp3) is 0.692. The van der Waals surface area contributed by atoms with Crippen LogP contribution in [0.3, 0.4) is 0 Å². The van der Waals surface area contributed by atoms with Crippen LogP contribution in [0.5, 0.6) is 0 Å². The van der Waals surface area contributed by atoms with Crippen LogP contribution >= 0.6 is 11.8 Å². The molecule has 0 spiro atoms. The average Bonchev–Trinajstić information content (AvgIpc) is 3.00. The van der Waals surface area contributed by atoms with Crippen LogP contribution < -0.4 is 5.32 Å². The highest BCUT2D eigenvalue weighted by Gasteiger charge is 2.31. The first-order valence-corrected chi connectivity index (χ1v) is 9.95. The van der Waals surface area contributed by atoms with Gasteiger partial charge in [0.2, 0.25) is 5.91 Å². The molecule has 1 aliphatic rings. The van der Waals surface area contributed by atoms with E-state index in [1.807, 2.05) is 22.7 Å². The van der Waals surface area contributed by atoms with E-state index in [0.717, 1.165) is 10.9 Å². The third-order valence-electron chi connectivity index (χ3n) is 3.66. The van der Waals surface area contributed by atoms with E-state index in [1.165, 1.54) is 0 Å². The van der Waals surface area contributed by atoms with Gasteiger partial charge in [-0.25, -0.2) is 13.4 Å². The number of nitrogens with zero attached hydrogens (tertiary/aromatic N) is 3. The number of hydrogen-bond acceptors (Lipinski definition) is 6. The molecular formula is C13H22N4O3S2. The Balaban J connectivity index is 1.64. The van der Waals surface area contributed by atoms with Crippen LogP contribution in [-0.2, 0) is 21.7 Å². The van der Waals surface area contributed by atoms with E-state index in [0.29, 0.717) is 13.0 Å². The van der Waals surface area contributed by atoms with Crippen molar-refractivity contribution in [3.8, 4) is 0 Å². The van der Waals surface area contributed by atoms with Gasteiger partial charge in [0.25, 0.3) is 0 Å². The maximum Gasteiger partial charge on any atom is 0.234 e. The molecule has 2 rings (SSSR count). The number of hydrogen-bond donors (Lipinski definition) is 1. The van der Waals surface area contributed by atoms with Crippen LogP contribution in [-0.4, -0.2) is 72.2 Å². The second-order valence-corrected chi connectivity index (χ2v) is 8.78. The minimum atomic E-state index is -2.91. The SMILES string of the molecule is CN(CC(=O)NCCSc1nccn1C)C1CCS(=O)(=O)C1. The van der Waals surface area contributed by atoms with Gasteiger partial charge in [0.15, 0.2) is 15.0 Å². The number of carbonyl (C=O) groups excluding carboxylic acids is 1. The Kier molecular flexibility index (Phi) is 5.87. The van der Waals surface area contributed by atoms with Crippen LogP contribution in [0, 0.1) is 0 Å². The predicted molar refractivity (Wildman–Crippen MR) is 86.6 cm³/mol. The second kappa shape index (κ2) is 7.47. The molecule has 124 valence electrons. The summed E-state index contributed by atoms with van der Waals surface area (Å²) in [6.07, 6.45) is 4.23. The molecule has 22 heavy (non-hydrogen) atoms. The molecule has 0 radical (unpaired) electrons. The summed E-state index contributed by atoms with van der Waals surface area (Å²) in [6, 6.07) is -0.0438. The molecule has 2 heterocycles. The number of rotatable bonds is 7. The lowest BCUT2D eigenvalue weighted by molar-refractivity contribution is -0.122. The molecule has 1 fully saturated rings. The molecule has 9 heteroatoms. The van der Waals surface area contributed by atoms with Crippen LogP contribution in [0.4, 0.5) is 0 Å². The molecule has 0 bridgehead atoms. The number of imidazole rings is 1. The lowest BCUT2D eigenvalue weighted by Crippen LogP contribution is -2.41. The van der Waals surface area contributed by atoms with E-state index >= 15 is 0 Å². The molecule has 0 aliphatic carbocycles. The van der Waals surface area contributed by atoms with E-state index in [4.69, 9.17) is 0 Å². The van der Waals surface area contributed by atoms with Gasteiger partial charge in [-0.15, -0.1) is 0 Å². The molecule has 1 atom stereocenters. The summed E-state index contributed by atoms with van der Waals surface area (Å²) in [6.45, 7) is 0.792. The Morgan fingerprint density at radius 3 is 2.95 bits per heavy atom. The number of amides is 1. The summed E-state index contributed by atoms with van der Waals surface area (Å²) in [5.74, 6) is 1.06. The normalized spacial score (nSPS) is 20.4. The van der Waals surface area contributed by atoms with E-state index in [1.54, 1.807) is 25.0 Å². The maximum absolute atomic E-state index is 11.9. The summed E-state index contributed by atoms with van der Waals surface area (Å²) in [7, 11) is 0.816. The van der Waals surface area contributed by atoms with E-state index in [9.17, 15) is 13.2 Å². The molecule has 1 aromatic heterocycles. The van der Waals surface area contributed by atoms with Crippen molar-refractivity contribution < 1.29 is 13.2 Å². The van der Waals surface area contributed by atoms with E-state index in [2.05, 4.69) is 10.3 Å². The molecular weight excluding hydrogens is 324 g/mol. The number of nitrogens with one attached hydrogen (secondary N) is 1. The molecule has 0 saturated carbocycles. The quantitative estimate of drug-likeness (QED) is 0.541. The lowest BCUT2D eigenvalue weighted by atomic mass is 10.2. The number of carbonyl (C=O) groups is 1. The first-order chi connectivity index (χ1) is 10.4. The first-order valence-electron chi connectivity index (χ1n) is 7.15. The van der Waals surface area contributed by atoms with Crippen molar-refractivity contribution in [1.29, 1.82) is 0 Å². The van der Waals surface area contributed by atoms with E-state index < -0.39 is 9.84 Å². The Morgan fingerprint density at radius 2 is 2.36 bits per heavy atom. The molecule has 1 N–H and O–H groups in total. The van der Waals surface area contributed by atoms with Gasteiger partial charge in [-0.3, -0.25) is 9.69 Å². The van der Waals surface area contributed by atoms with Gasteiger partial charge in [0.05, 0.1) is 18.1 Å². The zero-order valence-electron chi connectivity index (χ0n) is 12.9. The highest BCUT2D eigenvalue weighted by Crippen LogP contribution is 2.16. The monoisotopic (exact) mass is 346 g/mol. The largest absolute Gasteiger partial charge is 0.354 e. The van der Waals surface area contributed by atoms with Gasteiger partial charge in [-0.1, -0.05) is 11.8 Å². The number of likely N-dealkylation sites (N-methyl/N-ethyl adjacent to an activating group) is 1. The standard InChI is InChI=1S/C13H22N4O3S2/c1-16-6-4-15-13(16)21-7-5-14-12(18)9-17(2)11-3-8-22(19,20)10-11/h4,6,11H,3,5,7-10H2,1-2H3,(H,14,18). The van der Waals surface area contributed by atoms with Gasteiger partial charge < -0.3 is 9.88 Å². The topological polar surface area (TPSA) is 84.3 Å². The molecule has 0 aromatic carbocycles. The lowest BCUT2D eigenvalue weighted by Gasteiger charge is -2.22. The first kappa shape index (κ1) is 17.3. The summed E-state index contributed by atoms with van der Waals surface area (Å²) in [5, 5.41) is 3.77. The number of thioether (sulfide) groups is 1. The van der Waals surface area contributed by atoms with Crippen molar-refractivity contribution in [1.82, 2.24) is 19.8 Å². The third-order valence-corrected chi connectivity index (χ3v) is 6.47. The molecule has 1 unspecified atom stereocenters. The molecule has 1 saturated heterocycles. The Morgan fingerprint density at radius 1 is 1.59 bits per heavy atom. The maximum atomic E-state index is 11.9. The smallest absolute Gasteiger partial charge is 0.234 e. The highest BCUT2D eigenvalue weighted by atomic mass is 32.2. The summed E-state index contributed by atoms with van der Waals surface area (Å²) in [5.41, 5.74) is 0. The zero-order valence-corrected chi connectivity index (χ0v) is 14.5. The van der Waals surface area contributed by atoms with Crippen molar-refractivity contribution >= 4 is 27.5 Å². The van der Waals surface area contributed by atoms with Crippen LogP contribution in [0.2, 0.25) is 0 Å². The number of aryl methyl sites for hydroxylation is 1. The van der Waals surface area contributed by atoms with Gasteiger partial charge in [0, 0.05) is 37.8 Å². The zero-order chi connectivity index (χ0) is 16.2. The Bertz CT molecular complexity index is 615. The van der Waals surface area contributed by atoms with Crippen molar-refractivity contribution in [2.75, 3.05) is 37.4 Å². The Labute approximate surface area is 135 Å². The van der Waals surface area contributed by atoms with Gasteiger partial charge in [-0.2, -0.15) is 0 Å². The molecule has 1 aromatic rings. The minimum Gasteiger partial charge on any atom is -0.354 e. The number of aromatic nitrogens is 2. The Hall–Kier alpha value is -1.06. The molecule has 7 nitrogen and oxygen atoms in total. The minimum absolute atomic E-state index is 0.0438. The van der Waals surface area contributed by atoms with Gasteiger partial charge in [-0.05, 0) is 13.5 Å². The van der Waals surface area contributed by atoms with Gasteiger partial charge in [0.1, 0.15) is 0 Å². The van der Waals surface area contributed by atoms with Crippen molar-refractivity contribution in [3.63, 3.8) is 0 Å². The fourth-order valence-corrected chi connectivity index (χ4v) is 4.95. The summed E-state index contributed by atoms with van der Waals surface area (Å²) < 4.78 is 24.8. The average molecular weight is 346 g/mol. The fourth-order valence-electron chi connectivity index (χ4n) is 2.36. The van der Waals surface area contributed by atoms with Crippen molar-refractivity contribution in [3.05, 3.63) is 12.4 Å². The van der Waals surface area contributed by atoms with E-state index in [-0.39, 0.29) is 30.0 Å². The second-order valence-electron chi connectivity index (χ2n) is 5.49. The molecule has 1 amide bonds.